The van der Waals surface area contributed by atoms with Crippen molar-refractivity contribution in [3.05, 3.63) is 71.3 Å². The number of nitrogens with one attached hydrogen (secondary N) is 2. The van der Waals surface area contributed by atoms with Gasteiger partial charge in [0.1, 0.15) is 5.75 Å². The summed E-state index contributed by atoms with van der Waals surface area (Å²) in [5, 5.41) is 8.52. The van der Waals surface area contributed by atoms with Crippen LogP contribution in [0, 0.1) is 13.8 Å². The van der Waals surface area contributed by atoms with E-state index in [1.54, 1.807) is 6.07 Å². The molecule has 0 radical (unpaired) electrons. The summed E-state index contributed by atoms with van der Waals surface area (Å²) < 4.78 is 5.88. The quantitative estimate of drug-likeness (QED) is 0.378. The Morgan fingerprint density at radius 2 is 1.73 bits per heavy atom. The highest BCUT2D eigenvalue weighted by molar-refractivity contribution is 6.39. The summed E-state index contributed by atoms with van der Waals surface area (Å²) in [5.74, 6) is -0.982. The molecule has 0 heterocycles. The largest absolute Gasteiger partial charge is 0.490 e. The molecule has 0 aliphatic rings. The number of benzene rings is 3. The van der Waals surface area contributed by atoms with E-state index in [0.717, 1.165) is 27.5 Å². The number of fused-ring (bicyclic) bond motifs is 1. The standard InChI is InChI=1S/C24H25N3O3/c1-15(2)30-22-12-10-18-7-5-6-8-20(18)21(22)14-25-27-24(29)23(28)26-19-11-9-16(3)17(4)13-19/h5-15H,1-4H3,(H,26,28)(H,27,29)/b25-14-. The molecular formula is C24H25N3O3. The van der Waals surface area contributed by atoms with E-state index in [1.165, 1.54) is 6.21 Å². The van der Waals surface area contributed by atoms with Gasteiger partial charge < -0.3 is 10.1 Å². The molecule has 0 aromatic heterocycles. The fourth-order valence-electron chi connectivity index (χ4n) is 2.98. The number of hydrogen-bond acceptors (Lipinski definition) is 4. The maximum Gasteiger partial charge on any atom is 0.329 e. The molecule has 0 aliphatic heterocycles. The third-order valence-corrected chi connectivity index (χ3v) is 4.62. The number of ether oxygens (including phenoxy) is 1. The molecule has 0 bridgehead atoms. The zero-order valence-corrected chi connectivity index (χ0v) is 17.5. The summed E-state index contributed by atoms with van der Waals surface area (Å²) in [6.45, 7) is 7.80. The molecule has 6 heteroatoms. The van der Waals surface area contributed by atoms with Crippen molar-refractivity contribution in [3.63, 3.8) is 0 Å². The second kappa shape index (κ2) is 9.22. The average molecular weight is 403 g/mol. The Bertz CT molecular complexity index is 1120. The van der Waals surface area contributed by atoms with Crippen molar-refractivity contribution in [2.45, 2.75) is 33.8 Å². The van der Waals surface area contributed by atoms with E-state index in [0.29, 0.717) is 11.4 Å². The number of hydrogen-bond donors (Lipinski definition) is 2. The van der Waals surface area contributed by atoms with Gasteiger partial charge in [0.05, 0.1) is 12.3 Å². The van der Waals surface area contributed by atoms with Crippen molar-refractivity contribution >= 4 is 34.5 Å². The van der Waals surface area contributed by atoms with Crippen molar-refractivity contribution in [1.82, 2.24) is 5.43 Å². The van der Waals surface area contributed by atoms with Gasteiger partial charge in [-0.2, -0.15) is 5.10 Å². The predicted molar refractivity (Wildman–Crippen MR) is 120 cm³/mol. The molecule has 0 saturated carbocycles. The number of amides is 2. The maximum absolute atomic E-state index is 12.2. The van der Waals surface area contributed by atoms with E-state index in [1.807, 2.05) is 76.2 Å². The molecule has 6 nitrogen and oxygen atoms in total. The molecule has 0 unspecified atom stereocenters. The first-order chi connectivity index (χ1) is 14.3. The lowest BCUT2D eigenvalue weighted by molar-refractivity contribution is -0.136. The number of aryl methyl sites for hydroxylation is 2. The van der Waals surface area contributed by atoms with Gasteiger partial charge in [0.15, 0.2) is 0 Å². The number of carbonyl (C=O) groups is 2. The van der Waals surface area contributed by atoms with Crippen LogP contribution in [-0.4, -0.2) is 24.1 Å². The number of anilines is 1. The molecule has 0 spiro atoms. The monoisotopic (exact) mass is 403 g/mol. The summed E-state index contributed by atoms with van der Waals surface area (Å²) >= 11 is 0. The highest BCUT2D eigenvalue weighted by Gasteiger charge is 2.14. The van der Waals surface area contributed by atoms with Gasteiger partial charge in [-0.25, -0.2) is 5.43 Å². The second-order valence-electron chi connectivity index (χ2n) is 7.32. The van der Waals surface area contributed by atoms with Crippen molar-refractivity contribution in [1.29, 1.82) is 0 Å². The van der Waals surface area contributed by atoms with Crippen LogP contribution in [0.1, 0.15) is 30.5 Å². The average Bonchev–Trinajstić information content (AvgIpc) is 2.71. The number of hydrazone groups is 1. The Morgan fingerprint density at radius 3 is 2.47 bits per heavy atom. The van der Waals surface area contributed by atoms with Crippen molar-refractivity contribution < 1.29 is 14.3 Å². The Balaban J connectivity index is 1.75. The molecule has 30 heavy (non-hydrogen) atoms. The van der Waals surface area contributed by atoms with Gasteiger partial charge in [0.25, 0.3) is 0 Å². The highest BCUT2D eigenvalue weighted by atomic mass is 16.5. The van der Waals surface area contributed by atoms with Crippen LogP contribution in [0.2, 0.25) is 0 Å². The molecule has 3 aromatic carbocycles. The minimum absolute atomic E-state index is 0.0170. The number of carbonyl (C=O) groups excluding carboxylic acids is 2. The van der Waals surface area contributed by atoms with Crippen LogP contribution in [0.4, 0.5) is 5.69 Å². The summed E-state index contributed by atoms with van der Waals surface area (Å²) in [6, 6.07) is 17.1. The molecule has 0 atom stereocenters. The maximum atomic E-state index is 12.2. The van der Waals surface area contributed by atoms with E-state index < -0.39 is 11.8 Å². The Hall–Kier alpha value is -3.67. The summed E-state index contributed by atoms with van der Waals surface area (Å²) in [6.07, 6.45) is 1.48. The molecule has 2 N–H and O–H groups in total. The summed E-state index contributed by atoms with van der Waals surface area (Å²) in [7, 11) is 0. The SMILES string of the molecule is Cc1ccc(NC(=O)C(=O)N/N=C\c2c(OC(C)C)ccc3ccccc23)cc1C. The van der Waals surface area contributed by atoms with E-state index >= 15 is 0 Å². The van der Waals surface area contributed by atoms with Crippen molar-refractivity contribution in [2.24, 2.45) is 5.10 Å². The van der Waals surface area contributed by atoms with Crippen LogP contribution in [-0.2, 0) is 9.59 Å². The van der Waals surface area contributed by atoms with E-state index in [9.17, 15) is 9.59 Å². The van der Waals surface area contributed by atoms with E-state index in [2.05, 4.69) is 15.8 Å². The Morgan fingerprint density at radius 1 is 0.967 bits per heavy atom. The zero-order valence-electron chi connectivity index (χ0n) is 17.5. The van der Waals surface area contributed by atoms with Gasteiger partial charge in [0.2, 0.25) is 0 Å². The Labute approximate surface area is 175 Å². The minimum atomic E-state index is -0.851. The first kappa shape index (κ1) is 21.0. The lowest BCUT2D eigenvalue weighted by Crippen LogP contribution is -2.32. The van der Waals surface area contributed by atoms with Gasteiger partial charge in [0, 0.05) is 11.3 Å². The topological polar surface area (TPSA) is 79.8 Å². The molecule has 2 amide bonds. The van der Waals surface area contributed by atoms with Crippen LogP contribution in [0.3, 0.4) is 0 Å². The fourth-order valence-corrected chi connectivity index (χ4v) is 2.98. The highest BCUT2D eigenvalue weighted by Crippen LogP contribution is 2.27. The lowest BCUT2D eigenvalue weighted by atomic mass is 10.0. The number of rotatable bonds is 5. The molecule has 154 valence electrons. The lowest BCUT2D eigenvalue weighted by Gasteiger charge is -2.14. The molecular weight excluding hydrogens is 378 g/mol. The molecule has 3 aromatic rings. The second-order valence-corrected chi connectivity index (χ2v) is 7.32. The fraction of sp³-hybridized carbons (Fsp3) is 0.208. The van der Waals surface area contributed by atoms with Gasteiger partial charge in [-0.05, 0) is 67.8 Å². The minimum Gasteiger partial charge on any atom is -0.490 e. The predicted octanol–water partition coefficient (Wildman–Crippen LogP) is 4.33. The normalized spacial score (nSPS) is 11.1. The van der Waals surface area contributed by atoms with Crippen LogP contribution in [0.25, 0.3) is 10.8 Å². The molecule has 0 fully saturated rings. The Kier molecular flexibility index (Phi) is 6.47. The number of nitrogens with zero attached hydrogens (tertiary/aromatic N) is 1. The van der Waals surface area contributed by atoms with Gasteiger partial charge in [-0.1, -0.05) is 36.4 Å². The first-order valence-electron chi connectivity index (χ1n) is 9.75. The van der Waals surface area contributed by atoms with Gasteiger partial charge in [-0.15, -0.1) is 0 Å². The van der Waals surface area contributed by atoms with Crippen LogP contribution < -0.4 is 15.5 Å². The smallest absolute Gasteiger partial charge is 0.329 e. The summed E-state index contributed by atoms with van der Waals surface area (Å²) in [5.41, 5.74) is 5.71. The van der Waals surface area contributed by atoms with Gasteiger partial charge >= 0.3 is 11.8 Å². The van der Waals surface area contributed by atoms with Crippen LogP contribution in [0.5, 0.6) is 5.75 Å². The summed E-state index contributed by atoms with van der Waals surface area (Å²) in [4.78, 5) is 24.3. The first-order valence-corrected chi connectivity index (χ1v) is 9.75. The molecule has 0 aliphatic carbocycles. The van der Waals surface area contributed by atoms with Crippen LogP contribution in [0.15, 0.2) is 59.7 Å². The van der Waals surface area contributed by atoms with E-state index in [4.69, 9.17) is 4.74 Å². The third kappa shape index (κ3) is 5.03. The van der Waals surface area contributed by atoms with Gasteiger partial charge in [-0.3, -0.25) is 9.59 Å². The van der Waals surface area contributed by atoms with Crippen molar-refractivity contribution in [2.75, 3.05) is 5.32 Å². The zero-order chi connectivity index (χ0) is 21.7. The van der Waals surface area contributed by atoms with E-state index in [-0.39, 0.29) is 6.10 Å². The molecule has 3 rings (SSSR count). The van der Waals surface area contributed by atoms with Crippen molar-refractivity contribution in [3.8, 4) is 5.75 Å². The van der Waals surface area contributed by atoms with Crippen LogP contribution >= 0.6 is 0 Å². The molecule has 0 saturated heterocycles. The third-order valence-electron chi connectivity index (χ3n) is 4.62.